The molecule has 1 aromatic rings. The highest BCUT2D eigenvalue weighted by molar-refractivity contribution is 5.77. The largest absolute Gasteiger partial charge is 0.380 e. The van der Waals surface area contributed by atoms with Gasteiger partial charge in [0.05, 0.1) is 13.2 Å². The van der Waals surface area contributed by atoms with Crippen LogP contribution >= 0.6 is 0 Å². The van der Waals surface area contributed by atoms with E-state index in [1.165, 1.54) is 5.56 Å². The van der Waals surface area contributed by atoms with Crippen LogP contribution in [0.4, 0.5) is 0 Å². The molecule has 0 aliphatic rings. The molecule has 1 rings (SSSR count). The molecule has 0 aliphatic carbocycles. The third-order valence-electron chi connectivity index (χ3n) is 2.87. The Morgan fingerprint density at radius 1 is 1.26 bits per heavy atom. The van der Waals surface area contributed by atoms with Crippen LogP contribution in [0.5, 0.6) is 0 Å². The summed E-state index contributed by atoms with van der Waals surface area (Å²) in [5.41, 5.74) is 2.33. The molecule has 0 saturated heterocycles. The lowest BCUT2D eigenvalue weighted by Crippen LogP contribution is -2.34. The molecule has 0 atom stereocenters. The van der Waals surface area contributed by atoms with Crippen molar-refractivity contribution in [1.82, 2.24) is 10.6 Å². The summed E-state index contributed by atoms with van der Waals surface area (Å²) in [6, 6.07) is 8.09. The Kier molecular flexibility index (Phi) is 7.86. The molecule has 0 bridgehead atoms. The molecule has 2 N–H and O–H groups in total. The van der Waals surface area contributed by atoms with E-state index in [1.807, 2.05) is 18.2 Å². The van der Waals surface area contributed by atoms with Crippen molar-refractivity contribution < 1.29 is 9.53 Å². The monoisotopic (exact) mass is 264 g/mol. The molecule has 1 amide bonds. The van der Waals surface area contributed by atoms with Gasteiger partial charge in [0.1, 0.15) is 0 Å². The molecule has 0 aliphatic heterocycles. The first-order valence-electron chi connectivity index (χ1n) is 6.81. The van der Waals surface area contributed by atoms with Gasteiger partial charge < -0.3 is 15.4 Å². The number of hydrogen-bond acceptors (Lipinski definition) is 3. The standard InChI is InChI=1S/C15H24N2O2/c1-3-4-9-17-15(18)11-16-10-13-7-5-6-8-14(13)12-19-2/h5-8,16H,3-4,9-12H2,1-2H3,(H,17,18). The molecular formula is C15H24N2O2. The van der Waals surface area contributed by atoms with Gasteiger partial charge in [0.2, 0.25) is 5.91 Å². The average molecular weight is 264 g/mol. The van der Waals surface area contributed by atoms with Gasteiger partial charge in [0.15, 0.2) is 0 Å². The Labute approximate surface area is 115 Å². The predicted octanol–water partition coefficient (Wildman–Crippen LogP) is 1.84. The van der Waals surface area contributed by atoms with E-state index >= 15 is 0 Å². The van der Waals surface area contributed by atoms with Crippen LogP contribution in [-0.4, -0.2) is 26.1 Å². The molecule has 1 aromatic carbocycles. The number of amides is 1. The number of ether oxygens (including phenoxy) is 1. The lowest BCUT2D eigenvalue weighted by molar-refractivity contribution is -0.120. The molecule has 0 spiro atoms. The van der Waals surface area contributed by atoms with Crippen LogP contribution < -0.4 is 10.6 Å². The fraction of sp³-hybridized carbons (Fsp3) is 0.533. The van der Waals surface area contributed by atoms with E-state index < -0.39 is 0 Å². The second-order valence-corrected chi connectivity index (χ2v) is 4.51. The molecule has 0 unspecified atom stereocenters. The Hall–Kier alpha value is -1.39. The van der Waals surface area contributed by atoms with Gasteiger partial charge in [-0.2, -0.15) is 0 Å². The van der Waals surface area contributed by atoms with Crippen LogP contribution in [0.25, 0.3) is 0 Å². The molecule has 0 heterocycles. The van der Waals surface area contributed by atoms with Crippen molar-refractivity contribution in [2.24, 2.45) is 0 Å². The molecule has 0 radical (unpaired) electrons. The summed E-state index contributed by atoms with van der Waals surface area (Å²) in [5, 5.41) is 6.04. The molecule has 4 heteroatoms. The molecule has 0 aromatic heterocycles. The van der Waals surface area contributed by atoms with Crippen molar-refractivity contribution in [3.8, 4) is 0 Å². The summed E-state index contributed by atoms with van der Waals surface area (Å²) in [6.07, 6.45) is 2.13. The van der Waals surface area contributed by atoms with Crippen molar-refractivity contribution in [3.05, 3.63) is 35.4 Å². The lowest BCUT2D eigenvalue weighted by atomic mass is 10.1. The van der Waals surface area contributed by atoms with E-state index in [0.29, 0.717) is 19.7 Å². The number of benzene rings is 1. The van der Waals surface area contributed by atoms with Crippen LogP contribution in [0.2, 0.25) is 0 Å². The maximum absolute atomic E-state index is 11.5. The maximum atomic E-state index is 11.5. The van der Waals surface area contributed by atoms with Gasteiger partial charge in [0.25, 0.3) is 0 Å². The Morgan fingerprint density at radius 2 is 2.00 bits per heavy atom. The van der Waals surface area contributed by atoms with Crippen molar-refractivity contribution in [2.75, 3.05) is 20.2 Å². The van der Waals surface area contributed by atoms with Crippen LogP contribution in [0.15, 0.2) is 24.3 Å². The van der Waals surface area contributed by atoms with E-state index in [0.717, 1.165) is 24.9 Å². The number of hydrogen-bond donors (Lipinski definition) is 2. The first-order chi connectivity index (χ1) is 9.27. The minimum atomic E-state index is 0.0534. The summed E-state index contributed by atoms with van der Waals surface area (Å²) in [5.74, 6) is 0.0534. The highest BCUT2D eigenvalue weighted by atomic mass is 16.5. The summed E-state index contributed by atoms with van der Waals surface area (Å²) in [4.78, 5) is 11.5. The minimum absolute atomic E-state index is 0.0534. The summed E-state index contributed by atoms with van der Waals surface area (Å²) < 4.78 is 5.15. The van der Waals surface area contributed by atoms with E-state index in [-0.39, 0.29) is 5.91 Å². The second kappa shape index (κ2) is 9.53. The highest BCUT2D eigenvalue weighted by Gasteiger charge is 2.03. The minimum Gasteiger partial charge on any atom is -0.380 e. The molecule has 106 valence electrons. The van der Waals surface area contributed by atoms with Crippen molar-refractivity contribution in [2.45, 2.75) is 32.9 Å². The first-order valence-corrected chi connectivity index (χ1v) is 6.81. The van der Waals surface area contributed by atoms with Gasteiger partial charge in [-0.05, 0) is 17.5 Å². The van der Waals surface area contributed by atoms with Crippen LogP contribution in [0.1, 0.15) is 30.9 Å². The average Bonchev–Trinajstić information content (AvgIpc) is 2.41. The van der Waals surface area contributed by atoms with Crippen molar-refractivity contribution in [3.63, 3.8) is 0 Å². The summed E-state index contributed by atoms with van der Waals surface area (Å²) in [7, 11) is 1.69. The van der Waals surface area contributed by atoms with Gasteiger partial charge in [-0.1, -0.05) is 37.6 Å². The first kappa shape index (κ1) is 15.7. The zero-order chi connectivity index (χ0) is 13.9. The molecular weight excluding hydrogens is 240 g/mol. The summed E-state index contributed by atoms with van der Waals surface area (Å²) in [6.45, 7) is 4.50. The van der Waals surface area contributed by atoms with Crippen LogP contribution in [0, 0.1) is 0 Å². The van der Waals surface area contributed by atoms with Gasteiger partial charge in [-0.25, -0.2) is 0 Å². The number of unbranched alkanes of at least 4 members (excludes halogenated alkanes) is 1. The highest BCUT2D eigenvalue weighted by Crippen LogP contribution is 2.09. The Bertz CT molecular complexity index is 380. The molecule has 19 heavy (non-hydrogen) atoms. The van der Waals surface area contributed by atoms with E-state index in [9.17, 15) is 4.79 Å². The van der Waals surface area contributed by atoms with Gasteiger partial charge in [-0.15, -0.1) is 0 Å². The van der Waals surface area contributed by atoms with Gasteiger partial charge in [0, 0.05) is 20.2 Å². The number of nitrogens with one attached hydrogen (secondary N) is 2. The predicted molar refractivity (Wildman–Crippen MR) is 76.8 cm³/mol. The lowest BCUT2D eigenvalue weighted by Gasteiger charge is -2.10. The zero-order valence-electron chi connectivity index (χ0n) is 11.9. The number of carbonyl (C=O) groups excluding carboxylic acids is 1. The molecule has 0 saturated carbocycles. The van der Waals surface area contributed by atoms with E-state index in [1.54, 1.807) is 7.11 Å². The number of rotatable bonds is 9. The zero-order valence-corrected chi connectivity index (χ0v) is 11.9. The number of carbonyl (C=O) groups is 1. The van der Waals surface area contributed by atoms with Gasteiger partial charge >= 0.3 is 0 Å². The van der Waals surface area contributed by atoms with E-state index in [2.05, 4.69) is 23.6 Å². The molecule has 0 fully saturated rings. The Balaban J connectivity index is 2.30. The maximum Gasteiger partial charge on any atom is 0.233 e. The third kappa shape index (κ3) is 6.36. The number of methoxy groups -OCH3 is 1. The van der Waals surface area contributed by atoms with E-state index in [4.69, 9.17) is 4.74 Å². The fourth-order valence-corrected chi connectivity index (χ4v) is 1.80. The second-order valence-electron chi connectivity index (χ2n) is 4.51. The third-order valence-corrected chi connectivity index (χ3v) is 2.87. The van der Waals surface area contributed by atoms with Crippen molar-refractivity contribution >= 4 is 5.91 Å². The fourth-order valence-electron chi connectivity index (χ4n) is 1.80. The molecule has 4 nitrogen and oxygen atoms in total. The summed E-state index contributed by atoms with van der Waals surface area (Å²) >= 11 is 0. The SMILES string of the molecule is CCCCNC(=O)CNCc1ccccc1COC. The van der Waals surface area contributed by atoms with Crippen LogP contribution in [0.3, 0.4) is 0 Å². The normalized spacial score (nSPS) is 10.4. The quantitative estimate of drug-likeness (QED) is 0.669. The van der Waals surface area contributed by atoms with Gasteiger partial charge in [-0.3, -0.25) is 4.79 Å². The smallest absolute Gasteiger partial charge is 0.233 e. The Morgan fingerprint density at radius 3 is 2.68 bits per heavy atom. The topological polar surface area (TPSA) is 50.4 Å². The van der Waals surface area contributed by atoms with Crippen LogP contribution in [-0.2, 0) is 22.7 Å². The van der Waals surface area contributed by atoms with Crippen molar-refractivity contribution in [1.29, 1.82) is 0 Å².